The Morgan fingerprint density at radius 3 is 2.26 bits per heavy atom. The predicted octanol–water partition coefficient (Wildman–Crippen LogP) is -0.206. The third-order valence-corrected chi connectivity index (χ3v) is 8.80. The fraction of sp³-hybridized carbons (Fsp3) is 0.400. The van der Waals surface area contributed by atoms with Crippen molar-refractivity contribution in [2.24, 2.45) is 29.4 Å². The maximum atomic E-state index is 13.9. The van der Waals surface area contributed by atoms with Crippen LogP contribution in [0.4, 0.5) is 5.69 Å². The van der Waals surface area contributed by atoms with Crippen molar-refractivity contribution >= 4 is 40.6 Å². The molecule has 43 heavy (non-hydrogen) atoms. The molecule has 0 aliphatic heterocycles. The van der Waals surface area contributed by atoms with E-state index in [1.807, 2.05) is 0 Å². The molecule has 0 heterocycles. The van der Waals surface area contributed by atoms with E-state index in [2.05, 4.69) is 5.32 Å². The van der Waals surface area contributed by atoms with Crippen molar-refractivity contribution in [3.8, 4) is 16.9 Å². The molecule has 2 saturated carbocycles. The van der Waals surface area contributed by atoms with E-state index in [0.29, 0.717) is 22.4 Å². The van der Waals surface area contributed by atoms with Crippen LogP contribution in [0.5, 0.6) is 5.75 Å². The quantitative estimate of drug-likeness (QED) is 0.219. The minimum atomic E-state index is -2.78. The maximum Gasteiger partial charge on any atom is 0.240 e. The van der Waals surface area contributed by atoms with E-state index in [4.69, 9.17) is 5.73 Å². The Balaban J connectivity index is 1.54. The van der Waals surface area contributed by atoms with Gasteiger partial charge in [-0.25, -0.2) is 0 Å². The predicted molar refractivity (Wildman–Crippen MR) is 150 cm³/mol. The van der Waals surface area contributed by atoms with Gasteiger partial charge in [-0.3, -0.25) is 33.7 Å². The third-order valence-electron chi connectivity index (χ3n) is 8.80. The number of carbonyl (C=O) groups excluding carboxylic acids is 6. The molecule has 0 spiro atoms. The molecule has 13 heteroatoms. The molecule has 2 aromatic rings. The monoisotopic (exact) mass is 592 g/mol. The summed E-state index contributed by atoms with van der Waals surface area (Å²) >= 11 is 0. The van der Waals surface area contributed by atoms with E-state index < -0.39 is 70.3 Å². The number of carbonyl (C=O) groups is 6. The minimum absolute atomic E-state index is 0.0523. The van der Waals surface area contributed by atoms with Gasteiger partial charge in [-0.15, -0.1) is 0 Å². The number of Topliss-reactive ketones (excluding diaryl/α,β-unsaturated/α-hetero) is 4. The number of amides is 2. The lowest BCUT2D eigenvalue weighted by atomic mass is 9.52. The highest BCUT2D eigenvalue weighted by Crippen LogP contribution is 2.51. The van der Waals surface area contributed by atoms with Gasteiger partial charge in [0.1, 0.15) is 12.3 Å². The zero-order valence-electron chi connectivity index (χ0n) is 23.7. The van der Waals surface area contributed by atoms with Gasteiger partial charge < -0.3 is 26.5 Å². The SMILES string of the molecule is CN(O)CC(=O)Nc1ccc(-c2ccc(O)c3c2C[C@H]2C[C@H]4[C@@H](N(C)C)C(=O)C(C(N)=O)C(=O)[C@@]4(O)C(=O)C2C3=O)cc1. The molecule has 0 saturated heterocycles. The van der Waals surface area contributed by atoms with Gasteiger partial charge in [0, 0.05) is 18.7 Å². The van der Waals surface area contributed by atoms with Crippen molar-refractivity contribution in [3.63, 3.8) is 0 Å². The first-order chi connectivity index (χ1) is 20.2. The number of aromatic hydroxyl groups is 1. The number of primary amides is 1. The summed E-state index contributed by atoms with van der Waals surface area (Å²) in [6.07, 6.45) is 0.0696. The molecule has 6 N–H and O–H groups in total. The number of nitrogens with two attached hydrogens (primary N) is 1. The molecule has 3 aliphatic rings. The van der Waals surface area contributed by atoms with Crippen molar-refractivity contribution in [3.05, 3.63) is 47.5 Å². The van der Waals surface area contributed by atoms with Crippen LogP contribution in [0, 0.1) is 23.7 Å². The van der Waals surface area contributed by atoms with Crippen LogP contribution >= 0.6 is 0 Å². The van der Waals surface area contributed by atoms with Crippen LogP contribution in [0.25, 0.3) is 11.1 Å². The Kier molecular flexibility index (Phi) is 7.55. The van der Waals surface area contributed by atoms with Crippen LogP contribution < -0.4 is 11.1 Å². The van der Waals surface area contributed by atoms with Crippen LogP contribution in [0.1, 0.15) is 22.3 Å². The second-order valence-electron chi connectivity index (χ2n) is 11.7. The molecule has 0 radical (unpaired) electrons. The summed E-state index contributed by atoms with van der Waals surface area (Å²) in [5, 5.41) is 35.1. The highest BCUT2D eigenvalue weighted by molar-refractivity contribution is 6.32. The summed E-state index contributed by atoms with van der Waals surface area (Å²) in [6, 6.07) is 8.45. The molecule has 0 bridgehead atoms. The summed E-state index contributed by atoms with van der Waals surface area (Å²) in [4.78, 5) is 80.0. The van der Waals surface area contributed by atoms with Crippen LogP contribution in [0.15, 0.2) is 36.4 Å². The van der Waals surface area contributed by atoms with Crippen molar-refractivity contribution in [2.75, 3.05) is 33.0 Å². The Morgan fingerprint density at radius 2 is 1.67 bits per heavy atom. The highest BCUT2D eigenvalue weighted by Gasteiger charge is 2.69. The molecule has 5 rings (SSSR count). The lowest BCUT2D eigenvalue weighted by Gasteiger charge is -2.52. The number of nitrogens with zero attached hydrogens (tertiary/aromatic N) is 2. The average Bonchev–Trinajstić information content (AvgIpc) is 2.90. The zero-order chi connectivity index (χ0) is 31.5. The molecule has 2 fully saturated rings. The minimum Gasteiger partial charge on any atom is -0.507 e. The summed E-state index contributed by atoms with van der Waals surface area (Å²) in [5.41, 5.74) is 4.63. The van der Waals surface area contributed by atoms with Gasteiger partial charge in [0.25, 0.3) is 0 Å². The van der Waals surface area contributed by atoms with Gasteiger partial charge in [-0.1, -0.05) is 18.2 Å². The Bertz CT molecular complexity index is 1570. The number of anilines is 1. The number of ketones is 4. The zero-order valence-corrected chi connectivity index (χ0v) is 23.7. The number of hydrogen-bond acceptors (Lipinski definition) is 11. The summed E-state index contributed by atoms with van der Waals surface area (Å²) in [7, 11) is 4.39. The molecule has 3 aliphatic carbocycles. The Morgan fingerprint density at radius 1 is 1.02 bits per heavy atom. The lowest BCUT2D eigenvalue weighted by molar-refractivity contribution is -0.181. The lowest BCUT2D eigenvalue weighted by Crippen LogP contribution is -2.74. The number of aliphatic hydroxyl groups is 1. The highest BCUT2D eigenvalue weighted by atomic mass is 16.5. The Labute approximate surface area is 246 Å². The average molecular weight is 593 g/mol. The number of fused-ring (bicyclic) bond motifs is 3. The number of phenolic OH excluding ortho intramolecular Hbond substituents is 1. The van der Waals surface area contributed by atoms with Crippen molar-refractivity contribution < 1.29 is 44.2 Å². The van der Waals surface area contributed by atoms with E-state index in [9.17, 15) is 44.2 Å². The van der Waals surface area contributed by atoms with Crippen molar-refractivity contribution in [1.29, 1.82) is 0 Å². The van der Waals surface area contributed by atoms with Crippen LogP contribution in [-0.2, 0) is 30.4 Å². The number of phenols is 1. The first-order valence-electron chi connectivity index (χ1n) is 13.7. The van der Waals surface area contributed by atoms with E-state index in [1.165, 1.54) is 32.1 Å². The molecule has 226 valence electrons. The maximum absolute atomic E-state index is 13.9. The number of benzene rings is 2. The number of nitrogens with one attached hydrogen (secondary N) is 1. The molecule has 13 nitrogen and oxygen atoms in total. The number of hydroxylamine groups is 2. The van der Waals surface area contributed by atoms with Gasteiger partial charge in [0.15, 0.2) is 34.7 Å². The third kappa shape index (κ3) is 4.74. The van der Waals surface area contributed by atoms with Gasteiger partial charge in [0.05, 0.1) is 17.5 Å². The first kappa shape index (κ1) is 30.2. The van der Waals surface area contributed by atoms with E-state index in [0.717, 1.165) is 5.06 Å². The van der Waals surface area contributed by atoms with Crippen LogP contribution in [0.2, 0.25) is 0 Å². The second-order valence-corrected chi connectivity index (χ2v) is 11.7. The standard InChI is InChI=1S/C30H32N4O9/c1-33(2)24-18-11-14-10-17-16(13-4-6-15(7-5-13)32-20(36)12-34(3)43)8-9-19(35)22(17)25(37)21(14)27(39)30(18,42)28(40)23(26(24)38)29(31)41/h4-9,14,18,21,23-24,35,42-43H,10-12H2,1-3H3,(H2,31,41)(H,32,36)/t14-,18-,21?,23?,24+,30-/m0/s1. The molecular formula is C30H32N4O9. The van der Waals surface area contributed by atoms with Crippen LogP contribution in [-0.4, -0.2) is 99.7 Å². The molecule has 6 atom stereocenters. The molecule has 0 aromatic heterocycles. The van der Waals surface area contributed by atoms with Gasteiger partial charge in [-0.2, -0.15) is 5.06 Å². The largest absolute Gasteiger partial charge is 0.507 e. The van der Waals surface area contributed by atoms with Gasteiger partial charge in [-0.05, 0) is 67.7 Å². The summed E-state index contributed by atoms with van der Waals surface area (Å²) in [6.45, 7) is -0.234. The summed E-state index contributed by atoms with van der Waals surface area (Å²) in [5.74, 6) is -11.5. The number of hydrogen-bond donors (Lipinski definition) is 5. The molecular weight excluding hydrogens is 560 g/mol. The summed E-state index contributed by atoms with van der Waals surface area (Å²) < 4.78 is 0. The number of likely N-dealkylation sites (N-methyl/N-ethyl adjacent to an activating group) is 2. The van der Waals surface area contributed by atoms with E-state index >= 15 is 0 Å². The topological polar surface area (TPSA) is 208 Å². The van der Waals surface area contributed by atoms with Crippen LogP contribution in [0.3, 0.4) is 0 Å². The fourth-order valence-electron chi connectivity index (χ4n) is 7.02. The van der Waals surface area contributed by atoms with E-state index in [1.54, 1.807) is 30.3 Å². The van der Waals surface area contributed by atoms with Crippen molar-refractivity contribution in [1.82, 2.24) is 9.96 Å². The van der Waals surface area contributed by atoms with E-state index in [-0.39, 0.29) is 30.7 Å². The second kappa shape index (κ2) is 10.8. The normalized spacial score (nSPS) is 28.4. The number of rotatable bonds is 6. The van der Waals surface area contributed by atoms with Gasteiger partial charge in [0.2, 0.25) is 11.8 Å². The Hall–Kier alpha value is -4.30. The molecule has 2 amide bonds. The van der Waals surface area contributed by atoms with Gasteiger partial charge >= 0.3 is 0 Å². The van der Waals surface area contributed by atoms with Crippen molar-refractivity contribution in [2.45, 2.75) is 24.5 Å². The molecule has 2 unspecified atom stereocenters. The smallest absolute Gasteiger partial charge is 0.240 e. The molecule has 2 aromatic carbocycles. The first-order valence-corrected chi connectivity index (χ1v) is 13.7. The fourth-order valence-corrected chi connectivity index (χ4v) is 7.02.